The number of aliphatic carboxylic acids is 1. The van der Waals surface area contributed by atoms with Crippen molar-refractivity contribution in [3.8, 4) is 0 Å². The molecule has 1 saturated carbocycles. The number of carboxylic acids is 1. The summed E-state index contributed by atoms with van der Waals surface area (Å²) in [6, 6.07) is 6.15. The molecule has 6 heteroatoms. The second-order valence-electron chi connectivity index (χ2n) is 4.82. The average molecular weight is 283 g/mol. The minimum Gasteiger partial charge on any atom is -0.481 e. The first kappa shape index (κ1) is 14.0. The van der Waals surface area contributed by atoms with Crippen LogP contribution in [0.25, 0.3) is 0 Å². The Balaban J connectivity index is 2.18. The van der Waals surface area contributed by atoms with E-state index in [0.29, 0.717) is 5.56 Å². The number of nitrogens with zero attached hydrogens (tertiary/aromatic N) is 1. The molecule has 0 amide bonds. The van der Waals surface area contributed by atoms with Gasteiger partial charge in [-0.25, -0.2) is 8.42 Å². The van der Waals surface area contributed by atoms with Crippen molar-refractivity contribution < 1.29 is 18.3 Å². The fourth-order valence-corrected chi connectivity index (χ4v) is 3.48. The maximum Gasteiger partial charge on any atom is 0.307 e. The van der Waals surface area contributed by atoms with Gasteiger partial charge in [-0.3, -0.25) is 4.79 Å². The molecule has 0 heterocycles. The molecule has 104 valence electrons. The standard InChI is InChI=1S/C13H17NO4S/c1-14(11-3-2-4-11)19(17,18)12-7-5-10(6-8-12)9-13(15)16/h5-8,11H,2-4,9H2,1H3,(H,15,16). The van der Waals surface area contributed by atoms with E-state index in [-0.39, 0.29) is 17.4 Å². The van der Waals surface area contributed by atoms with Gasteiger partial charge in [0.05, 0.1) is 11.3 Å². The molecule has 0 radical (unpaired) electrons. The molecule has 0 aromatic heterocycles. The lowest BCUT2D eigenvalue weighted by molar-refractivity contribution is -0.136. The van der Waals surface area contributed by atoms with E-state index in [4.69, 9.17) is 5.11 Å². The Hall–Kier alpha value is -1.40. The molecule has 19 heavy (non-hydrogen) atoms. The lowest BCUT2D eigenvalue weighted by Crippen LogP contribution is -2.41. The van der Waals surface area contributed by atoms with Crippen molar-refractivity contribution in [3.05, 3.63) is 29.8 Å². The van der Waals surface area contributed by atoms with Gasteiger partial charge in [0.25, 0.3) is 0 Å². The van der Waals surface area contributed by atoms with E-state index < -0.39 is 16.0 Å². The summed E-state index contributed by atoms with van der Waals surface area (Å²) in [4.78, 5) is 10.8. The number of sulfonamides is 1. The monoisotopic (exact) mass is 283 g/mol. The fraction of sp³-hybridized carbons (Fsp3) is 0.462. The predicted molar refractivity (Wildman–Crippen MR) is 70.4 cm³/mol. The maximum atomic E-state index is 12.3. The number of benzene rings is 1. The summed E-state index contributed by atoms with van der Waals surface area (Å²) in [5.74, 6) is -0.929. The molecule has 0 aliphatic heterocycles. The summed E-state index contributed by atoms with van der Waals surface area (Å²) in [6.07, 6.45) is 2.79. The molecule has 1 aromatic carbocycles. The van der Waals surface area contributed by atoms with E-state index >= 15 is 0 Å². The first-order valence-electron chi connectivity index (χ1n) is 6.20. The Kier molecular flexibility index (Phi) is 3.91. The van der Waals surface area contributed by atoms with Crippen LogP contribution in [0.4, 0.5) is 0 Å². The summed E-state index contributed by atoms with van der Waals surface area (Å²) >= 11 is 0. The van der Waals surface area contributed by atoms with Crippen molar-refractivity contribution in [2.75, 3.05) is 7.05 Å². The number of carboxylic acid groups (broad SMARTS) is 1. The number of carbonyl (C=O) groups is 1. The van der Waals surface area contributed by atoms with Crippen molar-refractivity contribution in [1.29, 1.82) is 0 Å². The van der Waals surface area contributed by atoms with Crippen molar-refractivity contribution in [2.24, 2.45) is 0 Å². The summed E-state index contributed by atoms with van der Waals surface area (Å²) in [5.41, 5.74) is 0.595. The molecule has 0 atom stereocenters. The zero-order chi connectivity index (χ0) is 14.0. The van der Waals surface area contributed by atoms with Crippen LogP contribution in [-0.4, -0.2) is 36.9 Å². The van der Waals surface area contributed by atoms with E-state index in [1.807, 2.05) is 0 Å². The Bertz CT molecular complexity index is 561. The van der Waals surface area contributed by atoms with Gasteiger partial charge in [-0.05, 0) is 30.5 Å². The van der Waals surface area contributed by atoms with Crippen LogP contribution in [0, 0.1) is 0 Å². The van der Waals surface area contributed by atoms with Crippen LogP contribution in [0.3, 0.4) is 0 Å². The molecule has 1 N–H and O–H groups in total. The third kappa shape index (κ3) is 2.96. The van der Waals surface area contributed by atoms with Crippen LogP contribution in [0.2, 0.25) is 0 Å². The van der Waals surface area contributed by atoms with Gasteiger partial charge >= 0.3 is 5.97 Å². The molecule has 1 fully saturated rings. The van der Waals surface area contributed by atoms with Gasteiger partial charge in [0.1, 0.15) is 0 Å². The van der Waals surface area contributed by atoms with E-state index in [9.17, 15) is 13.2 Å². The van der Waals surface area contributed by atoms with Crippen LogP contribution in [0.1, 0.15) is 24.8 Å². The quantitative estimate of drug-likeness (QED) is 0.888. The molecule has 0 saturated heterocycles. The van der Waals surface area contributed by atoms with Crippen LogP contribution in [0.15, 0.2) is 29.2 Å². The van der Waals surface area contributed by atoms with Crippen molar-refractivity contribution in [3.63, 3.8) is 0 Å². The van der Waals surface area contributed by atoms with Crippen LogP contribution in [-0.2, 0) is 21.2 Å². The second kappa shape index (κ2) is 5.30. The van der Waals surface area contributed by atoms with E-state index in [2.05, 4.69) is 0 Å². The Morgan fingerprint density at radius 3 is 2.32 bits per heavy atom. The zero-order valence-corrected chi connectivity index (χ0v) is 11.6. The third-order valence-electron chi connectivity index (χ3n) is 3.54. The fourth-order valence-electron chi connectivity index (χ4n) is 2.07. The van der Waals surface area contributed by atoms with Crippen LogP contribution in [0.5, 0.6) is 0 Å². The molecule has 0 spiro atoms. The molecular formula is C13H17NO4S. The van der Waals surface area contributed by atoms with Gasteiger partial charge in [0, 0.05) is 13.1 Å². The van der Waals surface area contributed by atoms with Crippen molar-refractivity contribution >= 4 is 16.0 Å². The highest BCUT2D eigenvalue weighted by Gasteiger charge is 2.31. The molecule has 1 aliphatic rings. The zero-order valence-electron chi connectivity index (χ0n) is 10.7. The summed E-state index contributed by atoms with van der Waals surface area (Å²) in [5, 5.41) is 8.67. The van der Waals surface area contributed by atoms with E-state index in [1.165, 1.54) is 16.4 Å². The summed E-state index contributed by atoms with van der Waals surface area (Å²) < 4.78 is 26.0. The van der Waals surface area contributed by atoms with Crippen molar-refractivity contribution in [1.82, 2.24) is 4.31 Å². The largest absolute Gasteiger partial charge is 0.481 e. The normalized spacial score (nSPS) is 16.3. The van der Waals surface area contributed by atoms with Gasteiger partial charge in [0.15, 0.2) is 0 Å². The first-order valence-corrected chi connectivity index (χ1v) is 7.64. The highest BCUT2D eigenvalue weighted by Crippen LogP contribution is 2.28. The van der Waals surface area contributed by atoms with Gasteiger partial charge in [-0.2, -0.15) is 4.31 Å². The summed E-state index contributed by atoms with van der Waals surface area (Å²) in [6.45, 7) is 0. The smallest absolute Gasteiger partial charge is 0.307 e. The molecule has 0 unspecified atom stereocenters. The average Bonchev–Trinajstić information content (AvgIpc) is 2.26. The van der Waals surface area contributed by atoms with Crippen molar-refractivity contribution in [2.45, 2.75) is 36.6 Å². The topological polar surface area (TPSA) is 74.7 Å². The first-order chi connectivity index (χ1) is 8.91. The highest BCUT2D eigenvalue weighted by atomic mass is 32.2. The Morgan fingerprint density at radius 2 is 1.89 bits per heavy atom. The predicted octanol–water partition coefficient (Wildman–Crippen LogP) is 1.49. The molecule has 0 bridgehead atoms. The number of rotatable bonds is 5. The molecular weight excluding hydrogens is 266 g/mol. The van der Waals surface area contributed by atoms with Crippen LogP contribution < -0.4 is 0 Å². The van der Waals surface area contributed by atoms with E-state index in [0.717, 1.165) is 19.3 Å². The second-order valence-corrected chi connectivity index (χ2v) is 6.82. The minimum absolute atomic E-state index is 0.0984. The Morgan fingerprint density at radius 1 is 1.32 bits per heavy atom. The lowest BCUT2D eigenvalue weighted by Gasteiger charge is -2.33. The number of hydrogen-bond acceptors (Lipinski definition) is 3. The lowest BCUT2D eigenvalue weighted by atomic mass is 9.94. The molecule has 5 nitrogen and oxygen atoms in total. The van der Waals surface area contributed by atoms with Gasteiger partial charge in [-0.15, -0.1) is 0 Å². The van der Waals surface area contributed by atoms with E-state index in [1.54, 1.807) is 19.2 Å². The van der Waals surface area contributed by atoms with Gasteiger partial charge in [0.2, 0.25) is 10.0 Å². The van der Waals surface area contributed by atoms with Gasteiger partial charge < -0.3 is 5.11 Å². The molecule has 1 aromatic rings. The molecule has 1 aliphatic carbocycles. The van der Waals surface area contributed by atoms with Gasteiger partial charge in [-0.1, -0.05) is 18.6 Å². The summed E-state index contributed by atoms with van der Waals surface area (Å²) in [7, 11) is -1.86. The Labute approximate surface area is 112 Å². The maximum absolute atomic E-state index is 12.3. The minimum atomic E-state index is -3.46. The SMILES string of the molecule is CN(C1CCC1)S(=O)(=O)c1ccc(CC(=O)O)cc1. The number of hydrogen-bond donors (Lipinski definition) is 1. The third-order valence-corrected chi connectivity index (χ3v) is 5.47. The highest BCUT2D eigenvalue weighted by molar-refractivity contribution is 7.89. The molecule has 2 rings (SSSR count). The van der Waals surface area contributed by atoms with Crippen LogP contribution >= 0.6 is 0 Å².